The number of aromatic nitrogens is 1. The lowest BCUT2D eigenvalue weighted by Gasteiger charge is -2.23. The van der Waals surface area contributed by atoms with Gasteiger partial charge in [0.05, 0.1) is 10.2 Å². The fourth-order valence-electron chi connectivity index (χ4n) is 1.73. The Bertz CT molecular complexity index is 322. The molecule has 1 fully saturated rings. The molecule has 0 bridgehead atoms. The Labute approximate surface area is 101 Å². The van der Waals surface area contributed by atoms with Crippen LogP contribution < -0.4 is 5.32 Å². The number of hydrogen-bond acceptors (Lipinski definition) is 2. The highest BCUT2D eigenvalue weighted by Crippen LogP contribution is 2.26. The van der Waals surface area contributed by atoms with E-state index in [1.165, 1.54) is 19.3 Å². The summed E-state index contributed by atoms with van der Waals surface area (Å²) in [5, 5.41) is 3.48. The minimum absolute atomic E-state index is 0.438. The summed E-state index contributed by atoms with van der Waals surface area (Å²) in [5.41, 5.74) is 1.14. The third-order valence-electron chi connectivity index (χ3n) is 2.49. The van der Waals surface area contributed by atoms with Crippen LogP contribution in [0.2, 0.25) is 0 Å². The average Bonchev–Trinajstić information content (AvgIpc) is 2.23. The first-order valence-corrected chi connectivity index (χ1v) is 6.41. The van der Waals surface area contributed by atoms with Crippen molar-refractivity contribution in [3.05, 3.63) is 26.9 Å². The third kappa shape index (κ3) is 2.35. The van der Waals surface area contributed by atoms with Crippen LogP contribution in [0.1, 0.15) is 31.0 Å². The molecule has 0 radical (unpaired) electrons. The third-order valence-corrected chi connectivity index (χ3v) is 4.27. The quantitative estimate of drug-likeness (QED) is 0.802. The van der Waals surface area contributed by atoms with E-state index in [4.69, 9.17) is 0 Å². The lowest BCUT2D eigenvalue weighted by molar-refractivity contribution is 0.405. The van der Waals surface area contributed by atoms with Gasteiger partial charge in [-0.25, -0.2) is 4.98 Å². The summed E-state index contributed by atoms with van der Waals surface area (Å²) >= 11 is 6.85. The lowest BCUT2D eigenvalue weighted by atomic mass is 10.0. The largest absolute Gasteiger partial charge is 0.309 e. The first-order chi connectivity index (χ1) is 6.77. The molecule has 0 unspecified atom stereocenters. The maximum atomic E-state index is 4.50. The number of nitrogens with zero attached hydrogens (tertiary/aromatic N) is 1. The van der Waals surface area contributed by atoms with Gasteiger partial charge in [0.25, 0.3) is 0 Å². The summed E-state index contributed by atoms with van der Waals surface area (Å²) in [6.07, 6.45) is 3.78. The molecule has 1 saturated heterocycles. The second kappa shape index (κ2) is 4.73. The maximum Gasteiger partial charge on any atom is 0.120 e. The molecule has 0 saturated carbocycles. The van der Waals surface area contributed by atoms with Crippen molar-refractivity contribution in [2.75, 3.05) is 6.54 Å². The second-order valence-electron chi connectivity index (χ2n) is 3.51. The van der Waals surface area contributed by atoms with Crippen LogP contribution in [0.3, 0.4) is 0 Å². The van der Waals surface area contributed by atoms with E-state index < -0.39 is 0 Å². The van der Waals surface area contributed by atoms with Gasteiger partial charge in [0.1, 0.15) is 4.60 Å². The molecular formula is C10H12Br2N2. The van der Waals surface area contributed by atoms with Gasteiger partial charge in [0.15, 0.2) is 0 Å². The van der Waals surface area contributed by atoms with E-state index in [1.807, 2.05) is 6.07 Å². The summed E-state index contributed by atoms with van der Waals surface area (Å²) in [7, 11) is 0. The van der Waals surface area contributed by atoms with E-state index in [2.05, 4.69) is 48.2 Å². The molecule has 2 heterocycles. The van der Waals surface area contributed by atoms with E-state index in [9.17, 15) is 0 Å². The van der Waals surface area contributed by atoms with Crippen molar-refractivity contribution in [3.63, 3.8) is 0 Å². The number of rotatable bonds is 1. The van der Waals surface area contributed by atoms with Crippen LogP contribution in [0.5, 0.6) is 0 Å². The molecule has 0 spiro atoms. The fraction of sp³-hybridized carbons (Fsp3) is 0.500. The molecule has 76 valence electrons. The van der Waals surface area contributed by atoms with Gasteiger partial charge in [0.2, 0.25) is 0 Å². The average molecular weight is 320 g/mol. The predicted octanol–water partition coefficient (Wildman–Crippen LogP) is 3.42. The van der Waals surface area contributed by atoms with Gasteiger partial charge in [-0.15, -0.1) is 0 Å². The zero-order valence-corrected chi connectivity index (χ0v) is 10.9. The van der Waals surface area contributed by atoms with Crippen molar-refractivity contribution in [2.24, 2.45) is 0 Å². The van der Waals surface area contributed by atoms with Gasteiger partial charge in [-0.3, -0.25) is 0 Å². The molecule has 14 heavy (non-hydrogen) atoms. The molecule has 1 atom stereocenters. The number of pyridine rings is 1. The minimum Gasteiger partial charge on any atom is -0.309 e. The highest BCUT2D eigenvalue weighted by atomic mass is 79.9. The Kier molecular flexibility index (Phi) is 3.57. The smallest absolute Gasteiger partial charge is 0.120 e. The van der Waals surface area contributed by atoms with E-state index in [0.717, 1.165) is 21.3 Å². The summed E-state index contributed by atoms with van der Waals surface area (Å²) in [5.74, 6) is 0. The summed E-state index contributed by atoms with van der Waals surface area (Å²) in [6.45, 7) is 1.11. The molecule has 1 aromatic heterocycles. The lowest BCUT2D eigenvalue weighted by Crippen LogP contribution is -2.27. The van der Waals surface area contributed by atoms with Crippen molar-refractivity contribution < 1.29 is 0 Å². The molecule has 0 aliphatic carbocycles. The van der Waals surface area contributed by atoms with Crippen molar-refractivity contribution in [1.29, 1.82) is 0 Å². The number of nitrogens with one attached hydrogen (secondary N) is 1. The van der Waals surface area contributed by atoms with Crippen LogP contribution in [0.15, 0.2) is 21.2 Å². The van der Waals surface area contributed by atoms with E-state index in [-0.39, 0.29) is 0 Å². The zero-order valence-electron chi connectivity index (χ0n) is 7.76. The summed E-state index contributed by atoms with van der Waals surface area (Å²) in [6, 6.07) is 4.56. The Morgan fingerprint density at radius 2 is 2.14 bits per heavy atom. The molecule has 0 aromatic carbocycles. The predicted molar refractivity (Wildman–Crippen MR) is 64.2 cm³/mol. The SMILES string of the molecule is Brc1ccc([C@H]2CCCCN2)nc1Br. The van der Waals surface area contributed by atoms with Crippen LogP contribution in [0.25, 0.3) is 0 Å². The van der Waals surface area contributed by atoms with E-state index >= 15 is 0 Å². The van der Waals surface area contributed by atoms with E-state index in [0.29, 0.717) is 6.04 Å². The number of hydrogen-bond donors (Lipinski definition) is 1. The van der Waals surface area contributed by atoms with Gasteiger partial charge in [-0.2, -0.15) is 0 Å². The first kappa shape index (κ1) is 10.6. The second-order valence-corrected chi connectivity index (χ2v) is 5.12. The van der Waals surface area contributed by atoms with Gasteiger partial charge in [-0.1, -0.05) is 6.42 Å². The highest BCUT2D eigenvalue weighted by Gasteiger charge is 2.16. The first-order valence-electron chi connectivity index (χ1n) is 4.83. The standard InChI is InChI=1S/C10H12Br2N2/c11-7-4-5-9(14-10(7)12)8-3-1-2-6-13-8/h4-5,8,13H,1-3,6H2/t8-/m1/s1. The molecule has 2 nitrogen and oxygen atoms in total. The number of piperidine rings is 1. The van der Waals surface area contributed by atoms with Crippen molar-refractivity contribution in [3.8, 4) is 0 Å². The molecule has 1 aliphatic heterocycles. The molecular weight excluding hydrogens is 308 g/mol. The topological polar surface area (TPSA) is 24.9 Å². The molecule has 0 amide bonds. The molecule has 1 aliphatic rings. The van der Waals surface area contributed by atoms with Gasteiger partial charge >= 0.3 is 0 Å². The molecule has 1 N–H and O–H groups in total. The summed E-state index contributed by atoms with van der Waals surface area (Å²) in [4.78, 5) is 4.50. The van der Waals surface area contributed by atoms with Crippen molar-refractivity contribution in [1.82, 2.24) is 10.3 Å². The highest BCUT2D eigenvalue weighted by molar-refractivity contribution is 9.13. The monoisotopic (exact) mass is 318 g/mol. The summed E-state index contributed by atoms with van der Waals surface area (Å²) < 4.78 is 1.90. The Balaban J connectivity index is 2.18. The van der Waals surface area contributed by atoms with E-state index in [1.54, 1.807) is 0 Å². The van der Waals surface area contributed by atoms with Crippen LogP contribution in [0.4, 0.5) is 0 Å². The Morgan fingerprint density at radius 3 is 2.79 bits per heavy atom. The van der Waals surface area contributed by atoms with Gasteiger partial charge in [-0.05, 0) is 63.4 Å². The molecule has 4 heteroatoms. The van der Waals surface area contributed by atoms with Crippen LogP contribution in [-0.2, 0) is 0 Å². The number of halogens is 2. The fourth-order valence-corrected chi connectivity index (χ4v) is 2.29. The van der Waals surface area contributed by atoms with Gasteiger partial charge in [0, 0.05) is 6.04 Å². The van der Waals surface area contributed by atoms with Gasteiger partial charge < -0.3 is 5.32 Å². The van der Waals surface area contributed by atoms with Crippen LogP contribution in [0, 0.1) is 0 Å². The van der Waals surface area contributed by atoms with Crippen LogP contribution >= 0.6 is 31.9 Å². The zero-order chi connectivity index (χ0) is 9.97. The minimum atomic E-state index is 0.438. The Morgan fingerprint density at radius 1 is 1.29 bits per heavy atom. The van der Waals surface area contributed by atoms with Crippen molar-refractivity contribution >= 4 is 31.9 Å². The maximum absolute atomic E-state index is 4.50. The molecule has 1 aromatic rings. The molecule has 2 rings (SSSR count). The van der Waals surface area contributed by atoms with Crippen LogP contribution in [-0.4, -0.2) is 11.5 Å². The normalized spacial score (nSPS) is 22.3. The Hall–Kier alpha value is 0.0700. The van der Waals surface area contributed by atoms with Crippen molar-refractivity contribution in [2.45, 2.75) is 25.3 Å².